The van der Waals surface area contributed by atoms with Crippen LogP contribution >= 0.6 is 34.8 Å². The van der Waals surface area contributed by atoms with Gasteiger partial charge in [0.25, 0.3) is 10.1 Å². The molecule has 0 saturated carbocycles. The smallest absolute Gasteiger partial charge is 0.294 e. The van der Waals surface area contributed by atoms with Gasteiger partial charge in [-0.05, 0) is 81.8 Å². The highest BCUT2D eigenvalue weighted by molar-refractivity contribution is 7.98. The van der Waals surface area contributed by atoms with E-state index in [1.54, 1.807) is 6.07 Å². The van der Waals surface area contributed by atoms with Crippen LogP contribution in [0.4, 0.5) is 56.3 Å². The molecular weight excluding hydrogens is 939 g/mol. The second kappa shape index (κ2) is 22.1. The third-order valence-electron chi connectivity index (χ3n) is 10.3. The quantitative estimate of drug-likeness (QED) is 0.0367. The predicted octanol–water partition coefficient (Wildman–Crippen LogP) is 12.5. The molecule has 5 aromatic carbocycles. The first kappa shape index (κ1) is 47.4. The molecule has 0 saturated heterocycles. The molecule has 3 aromatic heterocycles. The predicted molar refractivity (Wildman–Crippen MR) is 271 cm³/mol. The normalized spacial score (nSPS) is 11.7. The van der Waals surface area contributed by atoms with Gasteiger partial charge in [-0.2, -0.15) is 42.1 Å². The number of anilines is 6. The van der Waals surface area contributed by atoms with E-state index in [0.717, 1.165) is 71.7 Å². The Kier molecular flexibility index (Phi) is 15.4. The Bertz CT molecular complexity index is 3150. The average Bonchev–Trinajstić information content (AvgIpc) is 4.05. The molecule has 8 rings (SSSR count). The summed E-state index contributed by atoms with van der Waals surface area (Å²) >= 11 is 3.62. The molecule has 0 aliphatic carbocycles. The van der Waals surface area contributed by atoms with E-state index in [9.17, 15) is 13.0 Å². The third-order valence-corrected chi connectivity index (χ3v) is 13.2. The van der Waals surface area contributed by atoms with Crippen LogP contribution in [-0.4, -0.2) is 72.8 Å². The zero-order chi connectivity index (χ0) is 47.5. The van der Waals surface area contributed by atoms with E-state index in [-0.39, 0.29) is 27.7 Å². The lowest BCUT2D eigenvalue weighted by Gasteiger charge is -2.22. The molecule has 0 aliphatic heterocycles. The largest absolute Gasteiger partial charge is 0.372 e. The van der Waals surface area contributed by atoms with E-state index in [2.05, 4.69) is 99.4 Å². The number of benzene rings is 5. The van der Waals surface area contributed by atoms with Gasteiger partial charge in [-0.15, -0.1) is 20.5 Å². The number of hydrogen-bond acceptors (Lipinski definition) is 20. The highest BCUT2D eigenvalue weighted by atomic mass is 32.2. The van der Waals surface area contributed by atoms with Gasteiger partial charge in [-0.25, -0.2) is 0 Å². The Morgan fingerprint density at radius 3 is 1.59 bits per heavy atom. The van der Waals surface area contributed by atoms with Crippen molar-refractivity contribution in [3.63, 3.8) is 0 Å². The van der Waals surface area contributed by atoms with E-state index < -0.39 is 10.1 Å². The number of azo groups is 2. The number of aromatic nitrogens is 7. The number of thioether (sulfide) groups is 1. The second-order valence-corrected chi connectivity index (χ2v) is 18.4. The fourth-order valence-corrected chi connectivity index (χ4v) is 9.17. The van der Waals surface area contributed by atoms with Crippen LogP contribution < -0.4 is 20.4 Å². The number of nitrogens with one attached hydrogen (secondary N) is 2. The molecule has 3 heterocycles. The van der Waals surface area contributed by atoms with Crippen molar-refractivity contribution in [2.45, 2.75) is 43.5 Å². The van der Waals surface area contributed by atoms with E-state index >= 15 is 0 Å². The Morgan fingerprint density at radius 2 is 1.07 bits per heavy atom. The molecule has 0 radical (unpaired) electrons. The van der Waals surface area contributed by atoms with Crippen molar-refractivity contribution in [2.24, 2.45) is 20.5 Å². The van der Waals surface area contributed by atoms with Crippen molar-refractivity contribution in [3.8, 4) is 22.8 Å². The van der Waals surface area contributed by atoms with E-state index in [1.807, 2.05) is 84.9 Å². The van der Waals surface area contributed by atoms with Crippen LogP contribution in [0.5, 0.6) is 0 Å². The molecule has 3 N–H and O–H groups in total. The molecule has 18 nitrogen and oxygen atoms in total. The zero-order valence-corrected chi connectivity index (χ0v) is 40.6. The maximum atomic E-state index is 11.8. The highest BCUT2D eigenvalue weighted by Gasteiger charge is 2.17. The van der Waals surface area contributed by atoms with Crippen molar-refractivity contribution in [2.75, 3.05) is 46.6 Å². The molecule has 0 fully saturated rings. The Balaban J connectivity index is 1.15. The Hall–Kier alpha value is -7.11. The van der Waals surface area contributed by atoms with Crippen molar-refractivity contribution in [3.05, 3.63) is 127 Å². The summed E-state index contributed by atoms with van der Waals surface area (Å²) in [6.45, 7) is 11.5. The highest BCUT2D eigenvalue weighted by Crippen LogP contribution is 2.37. The molecular formula is C46H45N15O3S4. The maximum Gasteiger partial charge on any atom is 0.294 e. The summed E-state index contributed by atoms with van der Waals surface area (Å²) in [6.07, 6.45) is 0. The fourth-order valence-electron chi connectivity index (χ4n) is 6.81. The summed E-state index contributed by atoms with van der Waals surface area (Å²) < 4.78 is 42.0. The van der Waals surface area contributed by atoms with Crippen molar-refractivity contribution in [1.29, 1.82) is 0 Å². The minimum absolute atomic E-state index is 0.227. The van der Waals surface area contributed by atoms with Gasteiger partial charge in [0.05, 0.1) is 16.3 Å². The van der Waals surface area contributed by atoms with Gasteiger partial charge in [-0.1, -0.05) is 84.6 Å². The SMILES string of the molecule is CCN(CC)c1ccc(/N=N/c2nc(-c3ccccc3)ns2)c(Nc2nc(Nc3cc(N(CC)CC)ccc3/N=N/c3nc(-c4cccc(S(=O)(=O)O)c4)ns3)nc(SCc3ccccc3)n2)c1. The molecule has 0 bridgehead atoms. The van der Waals surface area contributed by atoms with Crippen LogP contribution in [0.25, 0.3) is 22.8 Å². The molecule has 0 amide bonds. The zero-order valence-electron chi connectivity index (χ0n) is 37.3. The van der Waals surface area contributed by atoms with Crippen molar-refractivity contribution >= 4 is 101 Å². The van der Waals surface area contributed by atoms with Crippen LogP contribution in [0.15, 0.2) is 152 Å². The minimum atomic E-state index is -4.42. The molecule has 68 heavy (non-hydrogen) atoms. The van der Waals surface area contributed by atoms with Crippen LogP contribution in [0.1, 0.15) is 33.3 Å². The summed E-state index contributed by atoms with van der Waals surface area (Å²) in [6, 6.07) is 37.2. The Morgan fingerprint density at radius 1 is 0.574 bits per heavy atom. The molecule has 8 aromatic rings. The maximum absolute atomic E-state index is 11.8. The monoisotopic (exact) mass is 983 g/mol. The van der Waals surface area contributed by atoms with Gasteiger partial charge in [0, 0.05) is 77.5 Å². The van der Waals surface area contributed by atoms with E-state index in [1.165, 1.54) is 30.0 Å². The molecule has 0 atom stereocenters. The fraction of sp³-hybridized carbons (Fsp3) is 0.196. The summed E-state index contributed by atoms with van der Waals surface area (Å²) in [4.78, 5) is 27.9. The lowest BCUT2D eigenvalue weighted by molar-refractivity contribution is 0.483. The van der Waals surface area contributed by atoms with Crippen molar-refractivity contribution < 1.29 is 13.0 Å². The number of nitrogens with zero attached hydrogens (tertiary/aromatic N) is 13. The Labute approximate surface area is 405 Å². The second-order valence-electron chi connectivity index (χ2n) is 14.6. The van der Waals surface area contributed by atoms with Gasteiger partial charge in [0.2, 0.25) is 22.2 Å². The van der Waals surface area contributed by atoms with Gasteiger partial charge in [0.1, 0.15) is 11.4 Å². The molecule has 22 heteroatoms. The summed E-state index contributed by atoms with van der Waals surface area (Å²) in [5.41, 5.74) is 6.47. The van der Waals surface area contributed by atoms with Gasteiger partial charge >= 0.3 is 0 Å². The van der Waals surface area contributed by atoms with Crippen molar-refractivity contribution in [1.82, 2.24) is 33.7 Å². The first-order valence-corrected chi connectivity index (χ1v) is 25.4. The summed E-state index contributed by atoms with van der Waals surface area (Å²) in [5.74, 6) is 1.92. The number of hydrogen-bond donors (Lipinski definition) is 3. The van der Waals surface area contributed by atoms with Crippen LogP contribution in [0.3, 0.4) is 0 Å². The van der Waals surface area contributed by atoms with Gasteiger partial charge in [-0.3, -0.25) is 4.55 Å². The minimum Gasteiger partial charge on any atom is -0.372 e. The van der Waals surface area contributed by atoms with Crippen LogP contribution in [0, 0.1) is 0 Å². The first-order valence-electron chi connectivity index (χ1n) is 21.5. The summed E-state index contributed by atoms with van der Waals surface area (Å²) in [5, 5.41) is 26.1. The van der Waals surface area contributed by atoms with Gasteiger partial charge < -0.3 is 20.4 Å². The lowest BCUT2D eigenvalue weighted by atomic mass is 10.2. The van der Waals surface area contributed by atoms with Gasteiger partial charge in [0.15, 0.2) is 16.8 Å². The lowest BCUT2D eigenvalue weighted by Crippen LogP contribution is -2.21. The van der Waals surface area contributed by atoms with Crippen LogP contribution in [-0.2, 0) is 15.9 Å². The first-order chi connectivity index (χ1) is 33.1. The average molecular weight is 984 g/mol. The topological polar surface area (TPSA) is 225 Å². The van der Waals surface area contributed by atoms with Crippen LogP contribution in [0.2, 0.25) is 0 Å². The van der Waals surface area contributed by atoms with E-state index in [0.29, 0.717) is 50.2 Å². The van der Waals surface area contributed by atoms with E-state index in [4.69, 9.17) is 15.0 Å². The number of rotatable bonds is 20. The molecule has 0 unspecified atom stereocenters. The standard InChI is InChI=1S/C46H45N15O3S4/c1-5-60(6-2)33-22-24-36(54-56-45-49-40(58-66-45)31-18-13-10-14-19-31)38(27-33)47-42-51-43(53-44(52-42)65-29-30-16-11-9-12-17-30)48-39-28-34(61(7-3)8-4)23-25-37(39)55-57-46-50-41(59-67-46)32-20-15-21-35(26-32)68(62,63)64/h9-28H,5-8,29H2,1-4H3,(H,62,63,64)(H2,47,48,51,52,53)/b56-54+,57-55+. The molecule has 0 aliphatic rings. The summed E-state index contributed by atoms with van der Waals surface area (Å²) in [7, 11) is -4.42. The third kappa shape index (κ3) is 12.1. The molecule has 346 valence electrons. The molecule has 0 spiro atoms.